The Kier molecular flexibility index (Phi) is 2.85. The van der Waals surface area contributed by atoms with Gasteiger partial charge in [-0.1, -0.05) is 6.07 Å². The summed E-state index contributed by atoms with van der Waals surface area (Å²) in [5, 5.41) is 3.88. The number of aryl methyl sites for hydroxylation is 1. The van der Waals surface area contributed by atoms with Crippen molar-refractivity contribution in [3.05, 3.63) is 58.0 Å². The lowest BCUT2D eigenvalue weighted by molar-refractivity contribution is -0.130. The Morgan fingerprint density at radius 2 is 2.28 bits per heavy atom. The summed E-state index contributed by atoms with van der Waals surface area (Å²) in [6, 6.07) is 7.95. The molecule has 3 rings (SSSR count). The third-order valence-corrected chi connectivity index (χ3v) is 3.66. The maximum atomic E-state index is 5.75. The lowest BCUT2D eigenvalue weighted by Gasteiger charge is -2.20. The molecule has 0 fully saturated rings. The molecule has 2 N–H and O–H groups in total. The van der Waals surface area contributed by atoms with E-state index in [1.807, 2.05) is 41.6 Å². The van der Waals surface area contributed by atoms with Crippen molar-refractivity contribution < 1.29 is 9.25 Å². The van der Waals surface area contributed by atoms with Crippen LogP contribution < -0.4 is 5.73 Å². The van der Waals surface area contributed by atoms with Gasteiger partial charge in [0.2, 0.25) is 5.88 Å². The van der Waals surface area contributed by atoms with E-state index < -0.39 is 0 Å². The topological polar surface area (TPSA) is 51.6 Å². The van der Waals surface area contributed by atoms with Crippen LogP contribution in [0.15, 0.2) is 46.0 Å². The van der Waals surface area contributed by atoms with E-state index in [2.05, 4.69) is 6.07 Å². The molecular weight excluding hydrogens is 248 g/mol. The van der Waals surface area contributed by atoms with Crippen molar-refractivity contribution >= 4 is 11.3 Å². The summed E-state index contributed by atoms with van der Waals surface area (Å²) in [6.45, 7) is 2.62. The number of hydrogen-bond donors (Lipinski definition) is 1. The lowest BCUT2D eigenvalue weighted by atomic mass is 10.2. The van der Waals surface area contributed by atoms with Crippen LogP contribution in [0.4, 0.5) is 0 Å². The van der Waals surface area contributed by atoms with E-state index in [9.17, 15) is 0 Å². The fraction of sp³-hybridized carbons (Fsp3) is 0.231. The van der Waals surface area contributed by atoms with Gasteiger partial charge in [0, 0.05) is 11.0 Å². The number of nitrogens with two attached hydrogens (primary N) is 1. The predicted molar refractivity (Wildman–Crippen MR) is 69.4 cm³/mol. The van der Waals surface area contributed by atoms with Gasteiger partial charge in [-0.15, -0.1) is 16.4 Å². The van der Waals surface area contributed by atoms with Gasteiger partial charge < -0.3 is 15.0 Å². The van der Waals surface area contributed by atoms with Crippen LogP contribution in [-0.4, -0.2) is 5.06 Å². The molecule has 2 aromatic heterocycles. The predicted octanol–water partition coefficient (Wildman–Crippen LogP) is 2.94. The van der Waals surface area contributed by atoms with Crippen LogP contribution in [0.5, 0.6) is 0 Å². The molecule has 1 unspecified atom stereocenters. The Labute approximate surface area is 109 Å². The molecule has 0 aromatic carbocycles. The van der Waals surface area contributed by atoms with E-state index in [1.54, 1.807) is 11.3 Å². The van der Waals surface area contributed by atoms with Crippen LogP contribution in [-0.2, 0) is 11.4 Å². The SMILES string of the molecule is Cc1ccc(C2C=C(N)ON2Cc2cccs2)o1. The monoisotopic (exact) mass is 262 g/mol. The van der Waals surface area contributed by atoms with Crippen molar-refractivity contribution in [2.24, 2.45) is 5.73 Å². The maximum Gasteiger partial charge on any atom is 0.207 e. The fourth-order valence-corrected chi connectivity index (χ4v) is 2.68. The summed E-state index contributed by atoms with van der Waals surface area (Å²) in [4.78, 5) is 6.76. The Morgan fingerprint density at radius 1 is 1.39 bits per heavy atom. The van der Waals surface area contributed by atoms with E-state index >= 15 is 0 Å². The highest BCUT2D eigenvalue weighted by molar-refractivity contribution is 7.09. The van der Waals surface area contributed by atoms with Crippen LogP contribution in [0.25, 0.3) is 0 Å². The van der Waals surface area contributed by atoms with Gasteiger partial charge in [-0.05, 0) is 30.5 Å². The second kappa shape index (κ2) is 4.51. The van der Waals surface area contributed by atoms with Crippen LogP contribution >= 0.6 is 11.3 Å². The Bertz CT molecular complexity index is 559. The molecule has 0 aliphatic carbocycles. The van der Waals surface area contributed by atoms with Crippen LogP contribution in [0.3, 0.4) is 0 Å². The van der Waals surface area contributed by atoms with Gasteiger partial charge in [-0.2, -0.15) is 0 Å². The third-order valence-electron chi connectivity index (χ3n) is 2.80. The van der Waals surface area contributed by atoms with Crippen molar-refractivity contribution in [1.82, 2.24) is 5.06 Å². The molecule has 5 heteroatoms. The normalized spacial score (nSPS) is 19.8. The summed E-state index contributed by atoms with van der Waals surface area (Å²) >= 11 is 1.70. The average molecular weight is 262 g/mol. The number of nitrogens with zero attached hydrogens (tertiary/aromatic N) is 1. The molecule has 18 heavy (non-hydrogen) atoms. The highest BCUT2D eigenvalue weighted by Gasteiger charge is 2.30. The Hall–Kier alpha value is -1.72. The van der Waals surface area contributed by atoms with Crippen molar-refractivity contribution in [2.45, 2.75) is 19.5 Å². The molecule has 1 aliphatic heterocycles. The zero-order chi connectivity index (χ0) is 12.5. The Balaban J connectivity index is 1.82. The number of furan rings is 1. The van der Waals surface area contributed by atoms with Gasteiger partial charge in [0.05, 0.1) is 6.54 Å². The molecule has 94 valence electrons. The summed E-state index contributed by atoms with van der Waals surface area (Å²) < 4.78 is 5.65. The minimum absolute atomic E-state index is 0.0548. The molecule has 0 amide bonds. The summed E-state index contributed by atoms with van der Waals surface area (Å²) in [5.74, 6) is 2.16. The smallest absolute Gasteiger partial charge is 0.207 e. The average Bonchev–Trinajstić information content (AvgIpc) is 3.01. The standard InChI is InChI=1S/C13H14N2O2S/c1-9-4-5-12(16-9)11-7-13(14)17-15(11)8-10-3-2-6-18-10/h2-7,11H,8,14H2,1H3. The lowest BCUT2D eigenvalue weighted by Crippen LogP contribution is -2.22. The van der Waals surface area contributed by atoms with Crippen molar-refractivity contribution in [3.63, 3.8) is 0 Å². The third kappa shape index (κ3) is 2.14. The summed E-state index contributed by atoms with van der Waals surface area (Å²) in [6.07, 6.45) is 1.87. The molecule has 0 radical (unpaired) electrons. The van der Waals surface area contributed by atoms with Gasteiger partial charge in [-0.25, -0.2) is 0 Å². The first-order valence-electron chi connectivity index (χ1n) is 5.73. The maximum absolute atomic E-state index is 5.75. The van der Waals surface area contributed by atoms with Crippen molar-refractivity contribution in [3.8, 4) is 0 Å². The number of rotatable bonds is 3. The zero-order valence-corrected chi connectivity index (χ0v) is 10.8. The number of hydrogen-bond acceptors (Lipinski definition) is 5. The van der Waals surface area contributed by atoms with E-state index in [0.29, 0.717) is 12.4 Å². The molecule has 0 spiro atoms. The quantitative estimate of drug-likeness (QED) is 0.924. The molecule has 1 aliphatic rings. The number of hydroxylamine groups is 2. The highest BCUT2D eigenvalue weighted by Crippen LogP contribution is 2.32. The molecule has 3 heterocycles. The second-order valence-electron chi connectivity index (χ2n) is 4.21. The molecule has 0 bridgehead atoms. The van der Waals surface area contributed by atoms with Crippen molar-refractivity contribution in [2.75, 3.05) is 0 Å². The van der Waals surface area contributed by atoms with Gasteiger partial charge >= 0.3 is 0 Å². The van der Waals surface area contributed by atoms with E-state index in [4.69, 9.17) is 15.0 Å². The zero-order valence-electron chi connectivity index (χ0n) is 10.00. The van der Waals surface area contributed by atoms with E-state index in [0.717, 1.165) is 11.5 Å². The second-order valence-corrected chi connectivity index (χ2v) is 5.24. The molecule has 1 atom stereocenters. The first-order valence-corrected chi connectivity index (χ1v) is 6.61. The van der Waals surface area contributed by atoms with Crippen molar-refractivity contribution in [1.29, 1.82) is 0 Å². The first kappa shape index (κ1) is 11.4. The Morgan fingerprint density at radius 3 is 2.94 bits per heavy atom. The molecule has 4 nitrogen and oxygen atoms in total. The van der Waals surface area contributed by atoms with Crippen LogP contribution in [0.2, 0.25) is 0 Å². The first-order chi connectivity index (χ1) is 8.72. The van der Waals surface area contributed by atoms with Crippen LogP contribution in [0, 0.1) is 6.92 Å². The largest absolute Gasteiger partial charge is 0.464 e. The molecule has 0 saturated heterocycles. The van der Waals surface area contributed by atoms with E-state index in [1.165, 1.54) is 4.88 Å². The molecular formula is C13H14N2O2S. The molecule has 2 aromatic rings. The summed E-state index contributed by atoms with van der Waals surface area (Å²) in [7, 11) is 0. The minimum Gasteiger partial charge on any atom is -0.464 e. The van der Waals surface area contributed by atoms with Gasteiger partial charge in [0.15, 0.2) is 0 Å². The summed E-state index contributed by atoms with van der Waals surface area (Å²) in [5.41, 5.74) is 5.75. The fourth-order valence-electron chi connectivity index (χ4n) is 1.98. The minimum atomic E-state index is -0.0548. The molecule has 0 saturated carbocycles. The van der Waals surface area contributed by atoms with Gasteiger partial charge in [-0.3, -0.25) is 0 Å². The van der Waals surface area contributed by atoms with Crippen LogP contribution in [0.1, 0.15) is 22.4 Å². The van der Waals surface area contributed by atoms with Gasteiger partial charge in [0.25, 0.3) is 0 Å². The highest BCUT2D eigenvalue weighted by atomic mass is 32.1. The van der Waals surface area contributed by atoms with E-state index in [-0.39, 0.29) is 6.04 Å². The van der Waals surface area contributed by atoms with Gasteiger partial charge in [0.1, 0.15) is 17.6 Å². The number of thiophene rings is 1.